The van der Waals surface area contributed by atoms with Gasteiger partial charge in [0, 0.05) is 11.1 Å². The van der Waals surface area contributed by atoms with Gasteiger partial charge >= 0.3 is 0 Å². The topological polar surface area (TPSA) is 53.2 Å². The highest BCUT2D eigenvalue weighted by atomic mass is 19.1. The number of ether oxygens (including phenoxy) is 1. The molecule has 0 heterocycles. The van der Waals surface area contributed by atoms with Crippen molar-refractivity contribution < 1.29 is 18.6 Å². The molecule has 2 rings (SSSR count). The second kappa shape index (κ2) is 6.13. The minimum atomic E-state index is -0.545. The number of aliphatic hydroxyl groups is 1. The van der Waals surface area contributed by atoms with E-state index in [9.17, 15) is 8.78 Å². The van der Waals surface area contributed by atoms with Crippen molar-refractivity contribution in [2.45, 2.75) is 13.2 Å². The Bertz CT molecular complexity index is 665. The molecule has 20 heavy (non-hydrogen) atoms. The highest BCUT2D eigenvalue weighted by Crippen LogP contribution is 2.21. The maximum atomic E-state index is 13.6. The first-order chi connectivity index (χ1) is 9.63. The van der Waals surface area contributed by atoms with Gasteiger partial charge in [-0.2, -0.15) is 5.26 Å². The summed E-state index contributed by atoms with van der Waals surface area (Å²) in [7, 11) is 0. The summed E-state index contributed by atoms with van der Waals surface area (Å²) in [5.41, 5.74) is 0.792. The van der Waals surface area contributed by atoms with Gasteiger partial charge in [0.2, 0.25) is 0 Å². The number of aliphatic hydroxyl groups excluding tert-OH is 1. The van der Waals surface area contributed by atoms with Crippen molar-refractivity contribution in [1.82, 2.24) is 0 Å². The van der Waals surface area contributed by atoms with Crippen LogP contribution >= 0.6 is 0 Å². The number of nitriles is 1. The summed E-state index contributed by atoms with van der Waals surface area (Å²) in [6, 6.07) is 9.63. The van der Waals surface area contributed by atoms with E-state index in [4.69, 9.17) is 15.1 Å². The number of benzene rings is 2. The van der Waals surface area contributed by atoms with Gasteiger partial charge in [0.05, 0.1) is 18.2 Å². The smallest absolute Gasteiger partial charge is 0.131 e. The lowest BCUT2D eigenvalue weighted by Crippen LogP contribution is -2.01. The number of rotatable bonds is 4. The zero-order valence-electron chi connectivity index (χ0n) is 10.4. The van der Waals surface area contributed by atoms with Crippen molar-refractivity contribution in [1.29, 1.82) is 5.26 Å². The standard InChI is InChI=1S/C15H11F2NO2/c16-13-3-4-15(12(6-13)8-19)20-9-11-2-1-10(7-18)5-14(11)17/h1-6,19H,8-9H2. The molecule has 0 atom stereocenters. The Morgan fingerprint density at radius 3 is 2.55 bits per heavy atom. The molecule has 0 bridgehead atoms. The second-order valence-corrected chi connectivity index (χ2v) is 4.12. The van der Waals surface area contributed by atoms with Gasteiger partial charge < -0.3 is 9.84 Å². The zero-order valence-corrected chi connectivity index (χ0v) is 10.4. The summed E-state index contributed by atoms with van der Waals surface area (Å²) in [6.07, 6.45) is 0. The van der Waals surface area contributed by atoms with Crippen molar-refractivity contribution >= 4 is 0 Å². The van der Waals surface area contributed by atoms with Gasteiger partial charge in [-0.1, -0.05) is 6.07 Å². The Kier molecular flexibility index (Phi) is 4.28. The fourth-order valence-electron chi connectivity index (χ4n) is 1.70. The van der Waals surface area contributed by atoms with Gasteiger partial charge in [-0.05, 0) is 30.3 Å². The highest BCUT2D eigenvalue weighted by Gasteiger charge is 2.08. The van der Waals surface area contributed by atoms with Gasteiger partial charge in [0.15, 0.2) is 0 Å². The van der Waals surface area contributed by atoms with Crippen LogP contribution in [0, 0.1) is 23.0 Å². The molecule has 0 spiro atoms. The van der Waals surface area contributed by atoms with Crippen LogP contribution in [-0.4, -0.2) is 5.11 Å². The number of nitrogens with zero attached hydrogens (tertiary/aromatic N) is 1. The van der Waals surface area contributed by atoms with E-state index in [0.29, 0.717) is 5.56 Å². The monoisotopic (exact) mass is 275 g/mol. The third-order valence-corrected chi connectivity index (χ3v) is 2.76. The van der Waals surface area contributed by atoms with Crippen LogP contribution in [0.5, 0.6) is 5.75 Å². The van der Waals surface area contributed by atoms with Crippen LogP contribution in [0.25, 0.3) is 0 Å². The lowest BCUT2D eigenvalue weighted by molar-refractivity contribution is 0.256. The average molecular weight is 275 g/mol. The quantitative estimate of drug-likeness (QED) is 0.933. The van der Waals surface area contributed by atoms with E-state index in [0.717, 1.165) is 12.1 Å². The first kappa shape index (κ1) is 14.0. The maximum Gasteiger partial charge on any atom is 0.131 e. The molecule has 0 saturated heterocycles. The second-order valence-electron chi connectivity index (χ2n) is 4.12. The molecule has 5 heteroatoms. The van der Waals surface area contributed by atoms with Gasteiger partial charge in [0.1, 0.15) is 24.0 Å². The van der Waals surface area contributed by atoms with Gasteiger partial charge in [-0.3, -0.25) is 0 Å². The van der Waals surface area contributed by atoms with Crippen molar-refractivity contribution in [2.75, 3.05) is 0 Å². The van der Waals surface area contributed by atoms with Crippen molar-refractivity contribution in [2.24, 2.45) is 0 Å². The summed E-state index contributed by atoms with van der Waals surface area (Å²) in [6.45, 7) is -0.445. The first-order valence-electron chi connectivity index (χ1n) is 5.84. The summed E-state index contributed by atoms with van der Waals surface area (Å²) in [4.78, 5) is 0. The van der Waals surface area contributed by atoms with Crippen molar-refractivity contribution in [3.05, 3.63) is 64.7 Å². The molecule has 102 valence electrons. The van der Waals surface area contributed by atoms with E-state index in [-0.39, 0.29) is 30.1 Å². The molecule has 0 aliphatic rings. The molecule has 2 aromatic rings. The maximum absolute atomic E-state index is 13.6. The van der Waals surface area contributed by atoms with Crippen LogP contribution in [0.15, 0.2) is 36.4 Å². The molecule has 0 aromatic heterocycles. The Balaban J connectivity index is 2.15. The molecule has 0 aliphatic heterocycles. The lowest BCUT2D eigenvalue weighted by atomic mass is 10.1. The SMILES string of the molecule is N#Cc1ccc(COc2ccc(F)cc2CO)c(F)c1. The molecular formula is C15H11F2NO2. The van der Waals surface area contributed by atoms with Crippen molar-refractivity contribution in [3.8, 4) is 11.8 Å². The summed E-state index contributed by atoms with van der Waals surface area (Å²) in [5, 5.41) is 17.8. The fourth-order valence-corrected chi connectivity index (χ4v) is 1.70. The van der Waals surface area contributed by atoms with E-state index in [1.807, 2.05) is 6.07 Å². The lowest BCUT2D eigenvalue weighted by Gasteiger charge is -2.11. The number of hydrogen-bond acceptors (Lipinski definition) is 3. The molecule has 0 saturated carbocycles. The Hall–Kier alpha value is -2.45. The van der Waals surface area contributed by atoms with Crippen LogP contribution < -0.4 is 4.74 Å². The molecule has 0 amide bonds. The Morgan fingerprint density at radius 2 is 1.90 bits per heavy atom. The predicted molar refractivity (Wildman–Crippen MR) is 67.8 cm³/mol. The Morgan fingerprint density at radius 1 is 1.10 bits per heavy atom. The molecule has 0 aliphatic carbocycles. The molecule has 0 fully saturated rings. The van der Waals surface area contributed by atoms with Gasteiger partial charge in [-0.15, -0.1) is 0 Å². The van der Waals surface area contributed by atoms with E-state index in [1.54, 1.807) is 0 Å². The molecule has 1 N–H and O–H groups in total. The molecule has 3 nitrogen and oxygen atoms in total. The normalized spacial score (nSPS) is 10.1. The molecular weight excluding hydrogens is 264 g/mol. The number of hydrogen-bond donors (Lipinski definition) is 1. The summed E-state index contributed by atoms with van der Waals surface area (Å²) >= 11 is 0. The largest absolute Gasteiger partial charge is 0.488 e. The van der Waals surface area contributed by atoms with Gasteiger partial charge in [-0.25, -0.2) is 8.78 Å². The fraction of sp³-hybridized carbons (Fsp3) is 0.133. The predicted octanol–water partition coefficient (Wildman–Crippen LogP) is 2.91. The average Bonchev–Trinajstić information content (AvgIpc) is 2.46. The van der Waals surface area contributed by atoms with Crippen LogP contribution in [0.2, 0.25) is 0 Å². The van der Waals surface area contributed by atoms with Crippen LogP contribution in [0.4, 0.5) is 8.78 Å². The molecule has 0 unspecified atom stereocenters. The van der Waals surface area contributed by atoms with E-state index < -0.39 is 11.6 Å². The Labute approximate surface area is 114 Å². The van der Waals surface area contributed by atoms with Gasteiger partial charge in [0.25, 0.3) is 0 Å². The minimum absolute atomic E-state index is 0.0732. The summed E-state index contributed by atoms with van der Waals surface area (Å²) < 4.78 is 32.0. The number of halogens is 2. The minimum Gasteiger partial charge on any atom is -0.488 e. The zero-order chi connectivity index (χ0) is 14.5. The third kappa shape index (κ3) is 3.11. The third-order valence-electron chi connectivity index (χ3n) is 2.76. The molecule has 0 radical (unpaired) electrons. The summed E-state index contributed by atoms with van der Waals surface area (Å²) in [5.74, 6) is -0.736. The van der Waals surface area contributed by atoms with E-state index >= 15 is 0 Å². The van der Waals surface area contributed by atoms with E-state index in [1.165, 1.54) is 24.3 Å². The first-order valence-corrected chi connectivity index (χ1v) is 5.84. The van der Waals surface area contributed by atoms with Crippen LogP contribution in [0.3, 0.4) is 0 Å². The van der Waals surface area contributed by atoms with Crippen LogP contribution in [0.1, 0.15) is 16.7 Å². The van der Waals surface area contributed by atoms with Crippen LogP contribution in [-0.2, 0) is 13.2 Å². The van der Waals surface area contributed by atoms with E-state index in [2.05, 4.69) is 0 Å². The molecule has 2 aromatic carbocycles. The highest BCUT2D eigenvalue weighted by molar-refractivity contribution is 5.35. The van der Waals surface area contributed by atoms with Crippen molar-refractivity contribution in [3.63, 3.8) is 0 Å².